The Balaban J connectivity index is 2.50. The number of benzene rings is 1. The standard InChI is InChI=1S/C15H17ClN2/c1-4-14-15(18(2)3)9-12(10-17-14)11-6-5-7-13(16)8-11/h5-10H,4H2,1-3H3. The zero-order valence-electron chi connectivity index (χ0n) is 10.9. The first-order chi connectivity index (χ1) is 8.61. The fourth-order valence-corrected chi connectivity index (χ4v) is 2.16. The van der Waals surface area contributed by atoms with Crippen LogP contribution in [0, 0.1) is 0 Å². The van der Waals surface area contributed by atoms with Crippen molar-refractivity contribution < 1.29 is 0 Å². The van der Waals surface area contributed by atoms with Crippen LogP contribution in [0.2, 0.25) is 5.02 Å². The summed E-state index contributed by atoms with van der Waals surface area (Å²) in [6.07, 6.45) is 2.85. The molecule has 0 saturated carbocycles. The van der Waals surface area contributed by atoms with Crippen LogP contribution in [0.25, 0.3) is 11.1 Å². The number of pyridine rings is 1. The van der Waals surface area contributed by atoms with Gasteiger partial charge >= 0.3 is 0 Å². The second-order valence-corrected chi connectivity index (χ2v) is 4.88. The molecule has 2 aromatic rings. The maximum absolute atomic E-state index is 6.02. The van der Waals surface area contributed by atoms with Crippen molar-refractivity contribution in [2.45, 2.75) is 13.3 Å². The summed E-state index contributed by atoms with van der Waals surface area (Å²) in [6.45, 7) is 2.12. The average molecular weight is 261 g/mol. The number of hydrogen-bond donors (Lipinski definition) is 0. The van der Waals surface area contributed by atoms with E-state index in [2.05, 4.69) is 22.9 Å². The third-order valence-corrected chi connectivity index (χ3v) is 3.16. The molecule has 94 valence electrons. The first-order valence-corrected chi connectivity index (χ1v) is 6.41. The van der Waals surface area contributed by atoms with Crippen molar-refractivity contribution in [2.24, 2.45) is 0 Å². The van der Waals surface area contributed by atoms with Crippen molar-refractivity contribution >= 4 is 17.3 Å². The Bertz CT molecular complexity index is 550. The predicted octanol–water partition coefficient (Wildman–Crippen LogP) is 4.03. The summed E-state index contributed by atoms with van der Waals surface area (Å²) < 4.78 is 0. The van der Waals surface area contributed by atoms with Crippen molar-refractivity contribution in [1.29, 1.82) is 0 Å². The minimum absolute atomic E-state index is 0.749. The highest BCUT2D eigenvalue weighted by atomic mass is 35.5. The first-order valence-electron chi connectivity index (χ1n) is 6.04. The molecule has 2 rings (SSSR count). The van der Waals surface area contributed by atoms with E-state index in [0.29, 0.717) is 0 Å². The molecule has 0 saturated heterocycles. The summed E-state index contributed by atoms with van der Waals surface area (Å²) in [4.78, 5) is 6.64. The van der Waals surface area contributed by atoms with Crippen molar-refractivity contribution in [1.82, 2.24) is 4.98 Å². The van der Waals surface area contributed by atoms with Crippen molar-refractivity contribution in [2.75, 3.05) is 19.0 Å². The molecule has 2 nitrogen and oxygen atoms in total. The van der Waals surface area contributed by atoms with Crippen molar-refractivity contribution in [3.63, 3.8) is 0 Å². The molecule has 1 aromatic carbocycles. The minimum Gasteiger partial charge on any atom is -0.376 e. The van der Waals surface area contributed by atoms with Gasteiger partial charge in [-0.25, -0.2) is 0 Å². The van der Waals surface area contributed by atoms with Crippen LogP contribution in [0.15, 0.2) is 36.5 Å². The lowest BCUT2D eigenvalue weighted by Gasteiger charge is -2.17. The number of nitrogens with zero attached hydrogens (tertiary/aromatic N) is 2. The van der Waals surface area contributed by atoms with Gasteiger partial charge in [0.05, 0.1) is 11.4 Å². The number of rotatable bonds is 3. The zero-order valence-corrected chi connectivity index (χ0v) is 11.7. The van der Waals surface area contributed by atoms with Crippen molar-refractivity contribution in [3.05, 3.63) is 47.2 Å². The molecule has 0 bridgehead atoms. The molecule has 0 radical (unpaired) electrons. The lowest BCUT2D eigenvalue weighted by atomic mass is 10.1. The molecule has 3 heteroatoms. The van der Waals surface area contributed by atoms with Crippen LogP contribution in [0.4, 0.5) is 5.69 Å². The van der Waals surface area contributed by atoms with Gasteiger partial charge < -0.3 is 4.90 Å². The summed E-state index contributed by atoms with van der Waals surface area (Å²) in [5, 5.41) is 0.749. The minimum atomic E-state index is 0.749. The summed E-state index contributed by atoms with van der Waals surface area (Å²) in [5.41, 5.74) is 4.47. The highest BCUT2D eigenvalue weighted by Crippen LogP contribution is 2.27. The van der Waals surface area contributed by atoms with Crippen LogP contribution in [0.1, 0.15) is 12.6 Å². The molecule has 0 aliphatic carbocycles. The van der Waals surface area contributed by atoms with Crippen LogP contribution >= 0.6 is 11.6 Å². The molecule has 18 heavy (non-hydrogen) atoms. The van der Waals surface area contributed by atoms with E-state index >= 15 is 0 Å². The summed E-state index contributed by atoms with van der Waals surface area (Å²) in [7, 11) is 4.08. The van der Waals surface area contributed by atoms with Gasteiger partial charge in [-0.2, -0.15) is 0 Å². The predicted molar refractivity (Wildman–Crippen MR) is 78.4 cm³/mol. The van der Waals surface area contributed by atoms with Crippen LogP contribution in [-0.4, -0.2) is 19.1 Å². The lowest BCUT2D eigenvalue weighted by molar-refractivity contribution is 0.994. The van der Waals surface area contributed by atoms with Gasteiger partial charge in [0.2, 0.25) is 0 Å². The summed E-state index contributed by atoms with van der Waals surface area (Å²) in [6, 6.07) is 10.0. The summed E-state index contributed by atoms with van der Waals surface area (Å²) in [5.74, 6) is 0. The molecule has 0 N–H and O–H groups in total. The number of hydrogen-bond acceptors (Lipinski definition) is 2. The van der Waals surface area contributed by atoms with Gasteiger partial charge in [0.25, 0.3) is 0 Å². The summed E-state index contributed by atoms with van der Waals surface area (Å²) >= 11 is 6.02. The van der Waals surface area contributed by atoms with Gasteiger partial charge in [0.15, 0.2) is 0 Å². The first kappa shape index (κ1) is 12.9. The Morgan fingerprint density at radius 2 is 1.94 bits per heavy atom. The normalized spacial score (nSPS) is 10.4. The number of aromatic nitrogens is 1. The number of anilines is 1. The van der Waals surface area contributed by atoms with Gasteiger partial charge in [-0.05, 0) is 30.2 Å². The molecule has 0 aliphatic rings. The average Bonchev–Trinajstić information content (AvgIpc) is 2.38. The molecular formula is C15H17ClN2. The number of aryl methyl sites for hydroxylation is 1. The Hall–Kier alpha value is -1.54. The van der Waals surface area contributed by atoms with E-state index in [1.54, 1.807) is 0 Å². The Morgan fingerprint density at radius 3 is 2.56 bits per heavy atom. The number of halogens is 1. The Labute approximate surface area is 113 Å². The highest BCUT2D eigenvalue weighted by Gasteiger charge is 2.07. The highest BCUT2D eigenvalue weighted by molar-refractivity contribution is 6.30. The van der Waals surface area contributed by atoms with E-state index < -0.39 is 0 Å². The second kappa shape index (κ2) is 5.40. The molecule has 0 spiro atoms. The smallest absolute Gasteiger partial charge is 0.0634 e. The Morgan fingerprint density at radius 1 is 1.17 bits per heavy atom. The quantitative estimate of drug-likeness (QED) is 0.828. The maximum Gasteiger partial charge on any atom is 0.0634 e. The SMILES string of the molecule is CCc1ncc(-c2cccc(Cl)c2)cc1N(C)C. The van der Waals surface area contributed by atoms with E-state index in [9.17, 15) is 0 Å². The molecule has 0 unspecified atom stereocenters. The molecular weight excluding hydrogens is 244 g/mol. The largest absolute Gasteiger partial charge is 0.376 e. The van der Waals surface area contributed by atoms with E-state index in [4.69, 9.17) is 11.6 Å². The van der Waals surface area contributed by atoms with Crippen LogP contribution in [0.3, 0.4) is 0 Å². The van der Waals surface area contributed by atoms with Gasteiger partial charge in [-0.15, -0.1) is 0 Å². The zero-order chi connectivity index (χ0) is 13.1. The fraction of sp³-hybridized carbons (Fsp3) is 0.267. The molecule has 1 heterocycles. The monoisotopic (exact) mass is 260 g/mol. The molecule has 0 aliphatic heterocycles. The van der Waals surface area contributed by atoms with Crippen LogP contribution in [0.5, 0.6) is 0 Å². The maximum atomic E-state index is 6.02. The third-order valence-electron chi connectivity index (χ3n) is 2.92. The van der Waals surface area contributed by atoms with Gasteiger partial charge in [0, 0.05) is 30.9 Å². The molecule has 0 amide bonds. The molecule has 1 aromatic heterocycles. The van der Waals surface area contributed by atoms with E-state index in [1.165, 1.54) is 0 Å². The van der Waals surface area contributed by atoms with E-state index in [0.717, 1.165) is 34.0 Å². The van der Waals surface area contributed by atoms with Crippen LogP contribution in [-0.2, 0) is 6.42 Å². The van der Waals surface area contributed by atoms with Gasteiger partial charge in [0.1, 0.15) is 0 Å². The van der Waals surface area contributed by atoms with Crippen LogP contribution < -0.4 is 4.90 Å². The fourth-order valence-electron chi connectivity index (χ4n) is 1.97. The molecule has 0 atom stereocenters. The second-order valence-electron chi connectivity index (χ2n) is 4.45. The topological polar surface area (TPSA) is 16.1 Å². The van der Waals surface area contributed by atoms with Gasteiger partial charge in [-0.1, -0.05) is 30.7 Å². The molecule has 0 fully saturated rings. The van der Waals surface area contributed by atoms with Crippen molar-refractivity contribution in [3.8, 4) is 11.1 Å². The van der Waals surface area contributed by atoms with E-state index in [-0.39, 0.29) is 0 Å². The van der Waals surface area contributed by atoms with E-state index in [1.807, 2.05) is 44.6 Å². The van der Waals surface area contributed by atoms with Gasteiger partial charge in [-0.3, -0.25) is 4.98 Å². The lowest BCUT2D eigenvalue weighted by Crippen LogP contribution is -2.12. The third kappa shape index (κ3) is 2.65. The Kier molecular flexibility index (Phi) is 3.87.